The third-order valence-corrected chi connectivity index (χ3v) is 6.50. The van der Waals surface area contributed by atoms with Gasteiger partial charge in [-0.2, -0.15) is 0 Å². The monoisotopic (exact) mass is 360 g/mol. The summed E-state index contributed by atoms with van der Waals surface area (Å²) in [7, 11) is 0. The fraction of sp³-hybridized carbons (Fsp3) is 0.348. The first kappa shape index (κ1) is 16.6. The Kier molecular flexibility index (Phi) is 3.66. The predicted molar refractivity (Wildman–Crippen MR) is 107 cm³/mol. The summed E-state index contributed by atoms with van der Waals surface area (Å²) in [4.78, 5) is 17.0. The third kappa shape index (κ3) is 2.36. The van der Waals surface area contributed by atoms with Crippen molar-refractivity contribution in [3.8, 4) is 5.75 Å². The van der Waals surface area contributed by atoms with Crippen LogP contribution in [0.15, 0.2) is 42.5 Å². The molecule has 2 aliphatic rings. The van der Waals surface area contributed by atoms with Crippen molar-refractivity contribution in [1.82, 2.24) is 10.3 Å². The van der Waals surface area contributed by atoms with E-state index in [1.54, 1.807) is 0 Å². The molecule has 138 valence electrons. The third-order valence-electron chi connectivity index (χ3n) is 6.50. The van der Waals surface area contributed by atoms with Crippen molar-refractivity contribution in [2.75, 3.05) is 13.1 Å². The van der Waals surface area contributed by atoms with Gasteiger partial charge in [0, 0.05) is 21.9 Å². The van der Waals surface area contributed by atoms with Crippen LogP contribution in [0.5, 0.6) is 5.75 Å². The van der Waals surface area contributed by atoms with Crippen LogP contribution in [0.2, 0.25) is 0 Å². The molecule has 4 heteroatoms. The van der Waals surface area contributed by atoms with E-state index in [1.807, 2.05) is 24.3 Å². The van der Waals surface area contributed by atoms with Gasteiger partial charge in [-0.1, -0.05) is 30.3 Å². The molecule has 0 bridgehead atoms. The van der Waals surface area contributed by atoms with E-state index in [0.717, 1.165) is 42.6 Å². The van der Waals surface area contributed by atoms with Crippen molar-refractivity contribution in [3.05, 3.63) is 64.8 Å². The van der Waals surface area contributed by atoms with Crippen LogP contribution in [0.4, 0.5) is 0 Å². The molecule has 1 fully saturated rings. The molecule has 1 saturated heterocycles. The molecule has 4 nitrogen and oxygen atoms in total. The number of aryl methyl sites for hydroxylation is 2. The van der Waals surface area contributed by atoms with Crippen LogP contribution in [-0.4, -0.2) is 30.0 Å². The van der Waals surface area contributed by atoms with Gasteiger partial charge in [-0.05, 0) is 63.0 Å². The van der Waals surface area contributed by atoms with Gasteiger partial charge in [0.15, 0.2) is 6.10 Å². The maximum Gasteiger partial charge on any atom is 0.220 e. The molecule has 1 spiro atoms. The second-order valence-electron chi connectivity index (χ2n) is 7.92. The molecule has 0 radical (unpaired) electrons. The molecular weight excluding hydrogens is 336 g/mol. The lowest BCUT2D eigenvalue weighted by Crippen LogP contribution is -2.50. The summed E-state index contributed by atoms with van der Waals surface area (Å²) >= 11 is 0. The van der Waals surface area contributed by atoms with E-state index < -0.39 is 6.10 Å². The van der Waals surface area contributed by atoms with Crippen LogP contribution in [0.3, 0.4) is 0 Å². The lowest BCUT2D eigenvalue weighted by molar-refractivity contribution is 0.0643. The largest absolute Gasteiger partial charge is 0.481 e. The number of hydrogen-bond acceptors (Lipinski definition) is 3. The average molecular weight is 360 g/mol. The molecule has 0 aliphatic carbocycles. The highest BCUT2D eigenvalue weighted by Crippen LogP contribution is 2.49. The van der Waals surface area contributed by atoms with Crippen LogP contribution >= 0.6 is 0 Å². The number of rotatable bonds is 2. The Morgan fingerprint density at radius 3 is 2.70 bits per heavy atom. The van der Waals surface area contributed by atoms with Gasteiger partial charge < -0.3 is 15.0 Å². The number of para-hydroxylation sites is 1. The Labute approximate surface area is 158 Å². The molecular formula is C23H24N2O2. The number of benzene rings is 2. The Hall–Kier alpha value is -2.59. The topological polar surface area (TPSA) is 54.1 Å². The maximum atomic E-state index is 13.6. The van der Waals surface area contributed by atoms with Gasteiger partial charge >= 0.3 is 0 Å². The second-order valence-corrected chi connectivity index (χ2v) is 7.92. The molecule has 3 aromatic rings. The summed E-state index contributed by atoms with van der Waals surface area (Å²) in [5.74, 6) is 0.919. The zero-order valence-corrected chi connectivity index (χ0v) is 15.8. The molecule has 2 aliphatic heterocycles. The van der Waals surface area contributed by atoms with E-state index in [4.69, 9.17) is 4.74 Å². The van der Waals surface area contributed by atoms with Crippen molar-refractivity contribution >= 4 is 16.7 Å². The minimum atomic E-state index is -0.466. The van der Waals surface area contributed by atoms with E-state index in [-0.39, 0.29) is 11.2 Å². The van der Waals surface area contributed by atoms with Crippen LogP contribution in [-0.2, 0) is 5.41 Å². The zero-order valence-electron chi connectivity index (χ0n) is 15.8. The van der Waals surface area contributed by atoms with Crippen molar-refractivity contribution in [3.63, 3.8) is 0 Å². The molecule has 27 heavy (non-hydrogen) atoms. The van der Waals surface area contributed by atoms with E-state index in [2.05, 4.69) is 42.3 Å². The predicted octanol–water partition coefficient (Wildman–Crippen LogP) is 4.05. The van der Waals surface area contributed by atoms with Gasteiger partial charge in [0.2, 0.25) is 5.78 Å². The van der Waals surface area contributed by atoms with Gasteiger partial charge in [-0.3, -0.25) is 4.79 Å². The Morgan fingerprint density at radius 1 is 1.11 bits per heavy atom. The number of H-pyrrole nitrogens is 1. The molecule has 1 atom stereocenters. The molecule has 3 heterocycles. The first-order valence-electron chi connectivity index (χ1n) is 9.70. The van der Waals surface area contributed by atoms with Crippen molar-refractivity contribution in [1.29, 1.82) is 0 Å². The van der Waals surface area contributed by atoms with Gasteiger partial charge in [0.05, 0.1) is 5.69 Å². The summed E-state index contributed by atoms with van der Waals surface area (Å²) in [6.45, 7) is 6.01. The summed E-state index contributed by atoms with van der Waals surface area (Å²) in [6.07, 6.45) is 1.36. The first-order chi connectivity index (χ1) is 13.1. The first-order valence-corrected chi connectivity index (χ1v) is 9.70. The van der Waals surface area contributed by atoms with Gasteiger partial charge in [-0.25, -0.2) is 0 Å². The summed E-state index contributed by atoms with van der Waals surface area (Å²) in [5, 5.41) is 4.51. The number of ketones is 1. The molecule has 2 N–H and O–H groups in total. The number of Topliss-reactive ketones (excluding diaryl/α,β-unsaturated/α-hetero) is 1. The number of nitrogens with one attached hydrogen (secondary N) is 2. The molecule has 0 saturated carbocycles. The number of aromatic amines is 1. The molecule has 2 aromatic carbocycles. The van der Waals surface area contributed by atoms with Gasteiger partial charge in [-0.15, -0.1) is 0 Å². The molecule has 5 rings (SSSR count). The maximum absolute atomic E-state index is 13.6. The highest BCUT2D eigenvalue weighted by Gasteiger charge is 2.52. The van der Waals surface area contributed by atoms with Gasteiger partial charge in [0.25, 0.3) is 0 Å². The van der Waals surface area contributed by atoms with Crippen LogP contribution in [0.25, 0.3) is 10.9 Å². The number of ether oxygens (including phenoxy) is 1. The molecule has 1 aromatic heterocycles. The zero-order chi connectivity index (χ0) is 18.6. The van der Waals surface area contributed by atoms with Crippen LogP contribution in [0.1, 0.15) is 40.0 Å². The second kappa shape index (κ2) is 5.96. The standard InChI is InChI=1S/C23H24N2O2/c1-14-7-8-16-13-18(25-20(16)15(14)2)21(26)22-23(9-11-24-12-10-23)17-5-3-4-6-19(17)27-22/h3-8,13,22,24-25H,9-12H2,1-2H3/t22-/m0/s1. The normalized spacial score (nSPS) is 20.6. The number of carbonyl (C=O) groups is 1. The SMILES string of the molecule is Cc1ccc2cc(C(=O)[C@@H]3Oc4ccccc4C34CCNCC4)[nH]c2c1C. The van der Waals surface area contributed by atoms with Crippen molar-refractivity contribution < 1.29 is 9.53 Å². The van der Waals surface area contributed by atoms with E-state index in [1.165, 1.54) is 16.7 Å². The number of carbonyl (C=O) groups excluding carboxylic acids is 1. The Bertz CT molecular complexity index is 1040. The lowest BCUT2D eigenvalue weighted by atomic mass is 9.69. The lowest BCUT2D eigenvalue weighted by Gasteiger charge is -2.37. The fourth-order valence-electron chi connectivity index (χ4n) is 4.79. The van der Waals surface area contributed by atoms with Crippen molar-refractivity contribution in [2.24, 2.45) is 0 Å². The fourth-order valence-corrected chi connectivity index (χ4v) is 4.79. The Balaban J connectivity index is 1.59. The number of fused-ring (bicyclic) bond motifs is 3. The van der Waals surface area contributed by atoms with E-state index in [9.17, 15) is 4.79 Å². The smallest absolute Gasteiger partial charge is 0.220 e. The highest BCUT2D eigenvalue weighted by molar-refractivity contribution is 6.04. The molecule has 0 amide bonds. The number of aromatic nitrogens is 1. The van der Waals surface area contributed by atoms with Crippen molar-refractivity contribution in [2.45, 2.75) is 38.2 Å². The summed E-state index contributed by atoms with van der Waals surface area (Å²) in [6, 6.07) is 14.3. The van der Waals surface area contributed by atoms with Crippen LogP contribution < -0.4 is 10.1 Å². The summed E-state index contributed by atoms with van der Waals surface area (Å²) in [5.41, 5.74) is 5.07. The minimum Gasteiger partial charge on any atom is -0.481 e. The Morgan fingerprint density at radius 2 is 1.89 bits per heavy atom. The molecule has 0 unspecified atom stereocenters. The highest BCUT2D eigenvalue weighted by atomic mass is 16.5. The summed E-state index contributed by atoms with van der Waals surface area (Å²) < 4.78 is 6.27. The average Bonchev–Trinajstić information content (AvgIpc) is 3.26. The van der Waals surface area contributed by atoms with E-state index >= 15 is 0 Å². The minimum absolute atomic E-state index is 0.0568. The van der Waals surface area contributed by atoms with Gasteiger partial charge in [0.1, 0.15) is 5.75 Å². The van der Waals surface area contributed by atoms with E-state index in [0.29, 0.717) is 5.69 Å². The van der Waals surface area contributed by atoms with Crippen LogP contribution in [0, 0.1) is 13.8 Å². The number of hydrogen-bond donors (Lipinski definition) is 2. The quantitative estimate of drug-likeness (QED) is 0.678. The number of piperidine rings is 1.